The molecule has 7 heteroatoms. The summed E-state index contributed by atoms with van der Waals surface area (Å²) >= 11 is 0. The maximum absolute atomic E-state index is 12.8. The van der Waals surface area contributed by atoms with Crippen LogP contribution in [0.15, 0.2) is 42.5 Å². The SMILES string of the molecule is CCCOc1ccc(C(C)NC(=O)c2cccc(NC(=O)NC3CC3)c2)cc1OCCC. The molecule has 0 saturated heterocycles. The Balaban J connectivity index is 1.65. The summed E-state index contributed by atoms with van der Waals surface area (Å²) in [7, 11) is 0. The molecule has 2 aromatic rings. The lowest BCUT2D eigenvalue weighted by molar-refractivity contribution is 0.0939. The van der Waals surface area contributed by atoms with Crippen LogP contribution in [-0.2, 0) is 0 Å². The number of amides is 3. The van der Waals surface area contributed by atoms with Crippen molar-refractivity contribution in [1.29, 1.82) is 0 Å². The second kappa shape index (κ2) is 11.4. The Kier molecular flexibility index (Phi) is 8.36. The highest BCUT2D eigenvalue weighted by Gasteiger charge is 2.23. The van der Waals surface area contributed by atoms with Gasteiger partial charge in [0.05, 0.1) is 19.3 Å². The summed E-state index contributed by atoms with van der Waals surface area (Å²) < 4.78 is 11.7. The van der Waals surface area contributed by atoms with E-state index in [2.05, 4.69) is 29.8 Å². The third-order valence-electron chi connectivity index (χ3n) is 5.03. The molecule has 0 heterocycles. The third kappa shape index (κ3) is 6.90. The first-order valence-corrected chi connectivity index (χ1v) is 11.4. The van der Waals surface area contributed by atoms with Crippen LogP contribution in [0.5, 0.6) is 11.5 Å². The highest BCUT2D eigenvalue weighted by Crippen LogP contribution is 2.31. The van der Waals surface area contributed by atoms with Crippen LogP contribution in [0.2, 0.25) is 0 Å². The van der Waals surface area contributed by atoms with Crippen molar-refractivity contribution in [2.24, 2.45) is 0 Å². The van der Waals surface area contributed by atoms with Crippen LogP contribution in [0, 0.1) is 0 Å². The van der Waals surface area contributed by atoms with Crippen LogP contribution in [0.25, 0.3) is 0 Å². The summed E-state index contributed by atoms with van der Waals surface area (Å²) in [4.78, 5) is 24.8. The largest absolute Gasteiger partial charge is 0.490 e. The smallest absolute Gasteiger partial charge is 0.319 e. The van der Waals surface area contributed by atoms with E-state index in [9.17, 15) is 9.59 Å². The Morgan fingerprint density at radius 1 is 1.00 bits per heavy atom. The molecule has 3 N–H and O–H groups in total. The van der Waals surface area contributed by atoms with E-state index < -0.39 is 0 Å². The quantitative estimate of drug-likeness (QED) is 0.458. The molecule has 0 aromatic heterocycles. The molecule has 3 amide bonds. The highest BCUT2D eigenvalue weighted by atomic mass is 16.5. The molecule has 2 aromatic carbocycles. The minimum Gasteiger partial charge on any atom is -0.490 e. The van der Waals surface area contributed by atoms with Crippen molar-refractivity contribution in [1.82, 2.24) is 10.6 Å². The molecule has 0 aliphatic heterocycles. The van der Waals surface area contributed by atoms with Crippen molar-refractivity contribution in [2.75, 3.05) is 18.5 Å². The van der Waals surface area contributed by atoms with Gasteiger partial charge in [-0.25, -0.2) is 4.79 Å². The summed E-state index contributed by atoms with van der Waals surface area (Å²) in [5.41, 5.74) is 1.98. The van der Waals surface area contributed by atoms with E-state index in [1.54, 1.807) is 24.3 Å². The normalized spacial score (nSPS) is 13.7. The standard InChI is InChI=1S/C25H33N3O4/c1-4-13-31-22-12-9-18(16-23(22)32-14-5-2)17(3)26-24(29)19-7-6-8-21(15-19)28-25(30)27-20-10-11-20/h6-9,12,15-17,20H,4-5,10-11,13-14H2,1-3H3,(H,26,29)(H2,27,28,30). The van der Waals surface area contributed by atoms with Gasteiger partial charge in [0.2, 0.25) is 0 Å². The first-order chi connectivity index (χ1) is 15.5. The van der Waals surface area contributed by atoms with Crippen LogP contribution in [-0.4, -0.2) is 31.2 Å². The summed E-state index contributed by atoms with van der Waals surface area (Å²) in [6, 6.07) is 12.5. The number of urea groups is 1. The van der Waals surface area contributed by atoms with Crippen molar-refractivity contribution in [3.8, 4) is 11.5 Å². The minimum atomic E-state index is -0.247. The van der Waals surface area contributed by atoms with Gasteiger partial charge in [0.25, 0.3) is 5.91 Å². The first-order valence-electron chi connectivity index (χ1n) is 11.4. The van der Waals surface area contributed by atoms with Crippen LogP contribution in [0.4, 0.5) is 10.5 Å². The molecule has 0 radical (unpaired) electrons. The van der Waals surface area contributed by atoms with Crippen LogP contribution in [0.3, 0.4) is 0 Å². The predicted octanol–water partition coefficient (Wildman–Crippen LogP) is 5.04. The average Bonchev–Trinajstić information content (AvgIpc) is 3.60. The number of rotatable bonds is 11. The molecule has 1 aliphatic rings. The number of hydrogen-bond donors (Lipinski definition) is 3. The van der Waals surface area contributed by atoms with E-state index in [-0.39, 0.29) is 24.0 Å². The third-order valence-corrected chi connectivity index (χ3v) is 5.03. The van der Waals surface area contributed by atoms with E-state index in [1.165, 1.54) is 0 Å². The number of nitrogens with one attached hydrogen (secondary N) is 3. The van der Waals surface area contributed by atoms with Crippen molar-refractivity contribution in [3.63, 3.8) is 0 Å². The Labute approximate surface area is 189 Å². The monoisotopic (exact) mass is 439 g/mol. The lowest BCUT2D eigenvalue weighted by Crippen LogP contribution is -2.30. The summed E-state index contributed by atoms with van der Waals surface area (Å²) in [6.07, 6.45) is 3.85. The van der Waals surface area contributed by atoms with Crippen LogP contribution >= 0.6 is 0 Å². The molecular weight excluding hydrogens is 406 g/mol. The number of ether oxygens (including phenoxy) is 2. The number of hydrogen-bond acceptors (Lipinski definition) is 4. The lowest BCUT2D eigenvalue weighted by Gasteiger charge is -2.18. The van der Waals surface area contributed by atoms with Gasteiger partial charge in [-0.15, -0.1) is 0 Å². The van der Waals surface area contributed by atoms with Crippen molar-refractivity contribution in [3.05, 3.63) is 53.6 Å². The number of carbonyl (C=O) groups excluding carboxylic acids is 2. The van der Waals surface area contributed by atoms with Gasteiger partial charge in [-0.1, -0.05) is 26.0 Å². The summed E-state index contributed by atoms with van der Waals surface area (Å²) in [5.74, 6) is 1.18. The molecule has 1 fully saturated rings. The zero-order chi connectivity index (χ0) is 22.9. The minimum absolute atomic E-state index is 0.217. The first kappa shape index (κ1) is 23.4. The number of benzene rings is 2. The van der Waals surface area contributed by atoms with Crippen LogP contribution in [0.1, 0.15) is 68.4 Å². The second-order valence-corrected chi connectivity index (χ2v) is 8.05. The highest BCUT2D eigenvalue weighted by molar-refractivity contribution is 5.97. The molecule has 1 atom stereocenters. The zero-order valence-corrected chi connectivity index (χ0v) is 19.1. The van der Waals surface area contributed by atoms with Gasteiger partial charge >= 0.3 is 6.03 Å². The van der Waals surface area contributed by atoms with Gasteiger partial charge in [-0.05, 0) is 68.5 Å². The van der Waals surface area contributed by atoms with E-state index in [4.69, 9.17) is 9.47 Å². The molecule has 1 unspecified atom stereocenters. The van der Waals surface area contributed by atoms with Crippen LogP contribution < -0.4 is 25.4 Å². The molecule has 1 saturated carbocycles. The Hall–Kier alpha value is -3.22. The van der Waals surface area contributed by atoms with Crippen molar-refractivity contribution in [2.45, 2.75) is 58.5 Å². The molecule has 3 rings (SSSR count). The maximum Gasteiger partial charge on any atom is 0.319 e. The fourth-order valence-corrected chi connectivity index (χ4v) is 3.13. The Bertz CT molecular complexity index is 927. The van der Waals surface area contributed by atoms with E-state index in [0.717, 1.165) is 31.2 Å². The number of anilines is 1. The van der Waals surface area contributed by atoms with Gasteiger partial charge in [0.1, 0.15) is 0 Å². The van der Waals surface area contributed by atoms with Crippen molar-refractivity contribution >= 4 is 17.6 Å². The molecular formula is C25H33N3O4. The van der Waals surface area contributed by atoms with E-state index in [1.807, 2.05) is 25.1 Å². The Morgan fingerprint density at radius 2 is 1.72 bits per heavy atom. The van der Waals surface area contributed by atoms with Gasteiger partial charge in [0.15, 0.2) is 11.5 Å². The molecule has 7 nitrogen and oxygen atoms in total. The molecule has 0 spiro atoms. The van der Waals surface area contributed by atoms with E-state index >= 15 is 0 Å². The Morgan fingerprint density at radius 3 is 2.41 bits per heavy atom. The predicted molar refractivity (Wildman–Crippen MR) is 126 cm³/mol. The van der Waals surface area contributed by atoms with Gasteiger partial charge in [-0.2, -0.15) is 0 Å². The molecule has 172 valence electrons. The average molecular weight is 440 g/mol. The number of carbonyl (C=O) groups is 2. The van der Waals surface area contributed by atoms with Gasteiger partial charge in [0, 0.05) is 17.3 Å². The fraction of sp³-hybridized carbons (Fsp3) is 0.440. The van der Waals surface area contributed by atoms with Gasteiger partial charge < -0.3 is 25.4 Å². The maximum atomic E-state index is 12.8. The topological polar surface area (TPSA) is 88.7 Å². The lowest BCUT2D eigenvalue weighted by atomic mass is 10.1. The summed E-state index contributed by atoms with van der Waals surface area (Å²) in [6.45, 7) is 7.26. The zero-order valence-electron chi connectivity index (χ0n) is 19.1. The molecule has 1 aliphatic carbocycles. The van der Waals surface area contributed by atoms with E-state index in [0.29, 0.717) is 36.0 Å². The fourth-order valence-electron chi connectivity index (χ4n) is 3.13. The van der Waals surface area contributed by atoms with Crippen molar-refractivity contribution < 1.29 is 19.1 Å². The summed E-state index contributed by atoms with van der Waals surface area (Å²) in [5, 5.41) is 8.67. The van der Waals surface area contributed by atoms with Gasteiger partial charge in [-0.3, -0.25) is 4.79 Å². The second-order valence-electron chi connectivity index (χ2n) is 8.05. The molecule has 32 heavy (non-hydrogen) atoms. The molecule has 0 bridgehead atoms.